The lowest BCUT2D eigenvalue weighted by atomic mass is 9.80. The zero-order valence-electron chi connectivity index (χ0n) is 28.7. The highest BCUT2D eigenvalue weighted by Gasteiger charge is 2.71. The summed E-state index contributed by atoms with van der Waals surface area (Å²) in [7, 11) is -7.53. The molecule has 0 N–H and O–H groups in total. The summed E-state index contributed by atoms with van der Waals surface area (Å²) in [6, 6.07) is 0. The second kappa shape index (κ2) is 11.7. The molecule has 41 heavy (non-hydrogen) atoms. The van der Waals surface area contributed by atoms with E-state index in [-0.39, 0.29) is 46.3 Å². The van der Waals surface area contributed by atoms with E-state index in [1.807, 2.05) is 0 Å². The molecule has 9 heteroatoms. The average molecular weight is 631 g/mol. The highest BCUT2D eigenvalue weighted by atomic mass is 32.2. The van der Waals surface area contributed by atoms with E-state index >= 15 is 0 Å². The topological polar surface area (TPSA) is 74.4 Å². The van der Waals surface area contributed by atoms with Crippen LogP contribution in [0.3, 0.4) is 0 Å². The van der Waals surface area contributed by atoms with Gasteiger partial charge in [0.25, 0.3) is 10.1 Å². The minimum Gasteiger partial charge on any atom is -0.413 e. The summed E-state index contributed by atoms with van der Waals surface area (Å²) in [6.45, 7) is 30.3. The lowest BCUT2D eigenvalue weighted by molar-refractivity contribution is 0.0872. The SMILES string of the molecule is CCCCC(C)(C)C(C=C[C@H]1[C@H]2CC3(COS(C)(=O)=O)OC3[C@H]2C[C@H]1O[Si](C)(C)C(C)(C)C)O[Si](C)(C)C(C)(C)C. The molecule has 3 fully saturated rings. The molecule has 0 aromatic carbocycles. The van der Waals surface area contributed by atoms with Crippen LogP contribution in [0.4, 0.5) is 0 Å². The number of hydrogen-bond acceptors (Lipinski definition) is 6. The summed E-state index contributed by atoms with van der Waals surface area (Å²) in [6.07, 6.45) is 11.4. The van der Waals surface area contributed by atoms with Crippen molar-refractivity contribution in [2.45, 2.75) is 155 Å². The van der Waals surface area contributed by atoms with Gasteiger partial charge in [0.2, 0.25) is 0 Å². The van der Waals surface area contributed by atoms with E-state index in [0.717, 1.165) is 25.5 Å². The second-order valence-corrected chi connectivity index (χ2v) is 28.3. The molecule has 0 radical (unpaired) electrons. The first-order valence-electron chi connectivity index (χ1n) is 15.9. The van der Waals surface area contributed by atoms with Gasteiger partial charge in [-0.15, -0.1) is 0 Å². The fourth-order valence-electron chi connectivity index (χ4n) is 6.34. The molecule has 3 unspecified atom stereocenters. The third kappa shape index (κ3) is 7.98. The molecule has 0 aromatic rings. The van der Waals surface area contributed by atoms with E-state index in [4.69, 9.17) is 17.8 Å². The molecule has 3 rings (SSSR count). The number of rotatable bonds is 13. The lowest BCUT2D eigenvalue weighted by Gasteiger charge is -2.44. The maximum Gasteiger partial charge on any atom is 0.264 e. The van der Waals surface area contributed by atoms with Gasteiger partial charge in [0.1, 0.15) is 5.60 Å². The van der Waals surface area contributed by atoms with Crippen LogP contribution in [0.2, 0.25) is 36.3 Å². The fourth-order valence-corrected chi connectivity index (χ4v) is 9.51. The largest absolute Gasteiger partial charge is 0.413 e. The Labute approximate surface area is 255 Å². The van der Waals surface area contributed by atoms with Gasteiger partial charge in [-0.05, 0) is 72.8 Å². The van der Waals surface area contributed by atoms with Crippen molar-refractivity contribution in [2.24, 2.45) is 23.2 Å². The van der Waals surface area contributed by atoms with Crippen molar-refractivity contribution in [1.29, 1.82) is 0 Å². The van der Waals surface area contributed by atoms with Gasteiger partial charge in [0.05, 0.1) is 31.2 Å². The minimum absolute atomic E-state index is 0.0152. The molecule has 2 aliphatic carbocycles. The van der Waals surface area contributed by atoms with Crippen molar-refractivity contribution in [1.82, 2.24) is 0 Å². The van der Waals surface area contributed by atoms with Gasteiger partial charge in [0, 0.05) is 5.92 Å². The quantitative estimate of drug-likeness (QED) is 0.0882. The molecule has 3 aliphatic rings. The molecule has 6 nitrogen and oxygen atoms in total. The van der Waals surface area contributed by atoms with Crippen LogP contribution in [0.25, 0.3) is 0 Å². The smallest absolute Gasteiger partial charge is 0.264 e. The fraction of sp³-hybridized carbons (Fsp3) is 0.938. The highest BCUT2D eigenvalue weighted by molar-refractivity contribution is 7.85. The molecule has 1 saturated heterocycles. The number of epoxide rings is 1. The maximum atomic E-state index is 11.8. The summed E-state index contributed by atoms with van der Waals surface area (Å²) in [5, 5.41) is 0.251. The van der Waals surface area contributed by atoms with Crippen LogP contribution in [-0.2, 0) is 27.9 Å². The van der Waals surface area contributed by atoms with Crippen LogP contribution >= 0.6 is 0 Å². The van der Waals surface area contributed by atoms with E-state index < -0.39 is 32.4 Å². The van der Waals surface area contributed by atoms with Gasteiger partial charge < -0.3 is 13.6 Å². The van der Waals surface area contributed by atoms with Crippen LogP contribution in [0, 0.1) is 23.2 Å². The molecule has 0 bridgehead atoms. The monoisotopic (exact) mass is 630 g/mol. The molecule has 7 atom stereocenters. The van der Waals surface area contributed by atoms with E-state index in [2.05, 4.69) is 101 Å². The first-order chi connectivity index (χ1) is 18.4. The molecule has 2 saturated carbocycles. The predicted molar refractivity (Wildman–Crippen MR) is 175 cm³/mol. The lowest BCUT2D eigenvalue weighted by Crippen LogP contribution is -2.47. The summed E-state index contributed by atoms with van der Waals surface area (Å²) in [4.78, 5) is 0. The van der Waals surface area contributed by atoms with Gasteiger partial charge in [-0.3, -0.25) is 4.18 Å². The molecule has 0 spiro atoms. The normalized spacial score (nSPS) is 31.9. The van der Waals surface area contributed by atoms with Crippen molar-refractivity contribution in [3.05, 3.63) is 12.2 Å². The molecule has 1 aliphatic heterocycles. The molecular weight excluding hydrogens is 569 g/mol. The van der Waals surface area contributed by atoms with Crippen molar-refractivity contribution < 1.29 is 26.2 Å². The molecular formula is C32H62O6SSi2. The van der Waals surface area contributed by atoms with E-state index in [1.165, 1.54) is 12.8 Å². The summed E-state index contributed by atoms with van der Waals surface area (Å²) in [5.74, 6) is 0.985. The van der Waals surface area contributed by atoms with Crippen LogP contribution in [0.1, 0.15) is 94.4 Å². The van der Waals surface area contributed by atoms with Crippen LogP contribution in [0.5, 0.6) is 0 Å². The summed E-state index contributed by atoms with van der Waals surface area (Å²) >= 11 is 0. The molecule has 1 heterocycles. The van der Waals surface area contributed by atoms with Crippen molar-refractivity contribution in [3.63, 3.8) is 0 Å². The Hall–Kier alpha value is -0.0362. The molecule has 0 aromatic heterocycles. The molecule has 0 amide bonds. The number of fused-ring (bicyclic) bond motifs is 3. The first-order valence-corrected chi connectivity index (χ1v) is 23.6. The average Bonchev–Trinajstić information content (AvgIpc) is 3.28. The Bertz CT molecular complexity index is 1060. The Morgan fingerprint density at radius 3 is 2.07 bits per heavy atom. The standard InChI is InChI=1S/C32H62O6SSi2/c1-15-16-19-31(8,9)27(38-41(13,14)30(5,6)7)18-17-23-25-21-32(22-35-39(10,33)34)28(36-32)24(25)20-26(23)37-40(11,12)29(2,3)4/h17-18,23-28H,15-16,19-22H2,1-14H3/t23-,24-,25+,26+,27?,28?,32?/m0/s1. The summed E-state index contributed by atoms with van der Waals surface area (Å²) in [5.41, 5.74) is -0.453. The Morgan fingerprint density at radius 1 is 0.976 bits per heavy atom. The third-order valence-corrected chi connectivity index (χ3v) is 20.7. The third-order valence-electron chi connectivity index (χ3n) is 11.2. The number of unbranched alkanes of at least 4 members (excludes halogenated alkanes) is 1. The van der Waals surface area contributed by atoms with Gasteiger partial charge in [-0.25, -0.2) is 0 Å². The van der Waals surface area contributed by atoms with Gasteiger partial charge in [-0.2, -0.15) is 8.42 Å². The van der Waals surface area contributed by atoms with Crippen molar-refractivity contribution in [2.75, 3.05) is 12.9 Å². The summed E-state index contributed by atoms with van der Waals surface area (Å²) < 4.78 is 49.3. The Balaban J connectivity index is 1.94. The Kier molecular flexibility index (Phi) is 10.1. The van der Waals surface area contributed by atoms with Crippen molar-refractivity contribution >= 4 is 26.8 Å². The van der Waals surface area contributed by atoms with E-state index in [1.54, 1.807) is 0 Å². The maximum absolute atomic E-state index is 11.8. The Morgan fingerprint density at radius 2 is 1.56 bits per heavy atom. The highest BCUT2D eigenvalue weighted by Crippen LogP contribution is 2.64. The van der Waals surface area contributed by atoms with Gasteiger partial charge in [0.15, 0.2) is 16.6 Å². The zero-order valence-corrected chi connectivity index (χ0v) is 31.5. The second-order valence-electron chi connectivity index (χ2n) is 17.1. The predicted octanol–water partition coefficient (Wildman–Crippen LogP) is 8.31. The van der Waals surface area contributed by atoms with Gasteiger partial charge >= 0.3 is 0 Å². The molecule has 240 valence electrons. The van der Waals surface area contributed by atoms with E-state index in [9.17, 15) is 8.42 Å². The zero-order chi connectivity index (χ0) is 31.4. The first kappa shape index (κ1) is 35.4. The van der Waals surface area contributed by atoms with Gasteiger partial charge in [-0.1, -0.05) is 87.3 Å². The number of hydrogen-bond donors (Lipinski definition) is 0. The van der Waals surface area contributed by atoms with Crippen LogP contribution < -0.4 is 0 Å². The van der Waals surface area contributed by atoms with Crippen LogP contribution in [0.15, 0.2) is 12.2 Å². The number of ether oxygens (including phenoxy) is 1. The minimum atomic E-state index is -3.51. The van der Waals surface area contributed by atoms with Crippen molar-refractivity contribution in [3.8, 4) is 0 Å². The van der Waals surface area contributed by atoms with Crippen LogP contribution in [-0.4, -0.2) is 61.8 Å². The van der Waals surface area contributed by atoms with E-state index in [0.29, 0.717) is 11.8 Å².